The average molecular weight is 209 g/mol. The van der Waals surface area contributed by atoms with E-state index in [9.17, 15) is 0 Å². The highest BCUT2D eigenvalue weighted by atomic mass is 15.3. The van der Waals surface area contributed by atoms with Gasteiger partial charge < -0.3 is 5.73 Å². The number of nitrogens with two attached hydrogens (primary N) is 1. The molecule has 0 amide bonds. The molecule has 2 aliphatic heterocycles. The van der Waals surface area contributed by atoms with Crippen LogP contribution in [0.2, 0.25) is 0 Å². The molecule has 2 saturated heterocycles. The van der Waals surface area contributed by atoms with Crippen LogP contribution in [0.1, 0.15) is 26.2 Å². The zero-order valence-corrected chi connectivity index (χ0v) is 9.73. The van der Waals surface area contributed by atoms with Crippen molar-refractivity contribution in [2.24, 2.45) is 11.7 Å². The van der Waals surface area contributed by atoms with Gasteiger partial charge in [-0.3, -0.25) is 9.80 Å². The van der Waals surface area contributed by atoms with E-state index in [1.54, 1.807) is 0 Å². The van der Waals surface area contributed by atoms with Gasteiger partial charge in [0.15, 0.2) is 0 Å². The monoisotopic (exact) mass is 209 g/mol. The summed E-state index contributed by atoms with van der Waals surface area (Å²) < 4.78 is 0. The summed E-state index contributed by atoms with van der Waals surface area (Å²) in [6, 6.07) is 2.17. The van der Waals surface area contributed by atoms with E-state index in [-0.39, 0.29) is 0 Å². The second-order valence-corrected chi connectivity index (χ2v) is 5.76. The van der Waals surface area contributed by atoms with Crippen molar-refractivity contribution in [1.82, 2.24) is 9.80 Å². The molecule has 3 rings (SSSR count). The van der Waals surface area contributed by atoms with E-state index in [1.807, 2.05) is 0 Å². The Kier molecular flexibility index (Phi) is 2.49. The van der Waals surface area contributed by atoms with Gasteiger partial charge in [0.05, 0.1) is 0 Å². The Labute approximate surface area is 92.6 Å². The fourth-order valence-electron chi connectivity index (χ4n) is 3.17. The molecule has 3 fully saturated rings. The largest absolute Gasteiger partial charge is 0.326 e. The predicted octanol–water partition coefficient (Wildman–Crippen LogP) is 0.502. The molecule has 86 valence electrons. The Balaban J connectivity index is 1.55. The van der Waals surface area contributed by atoms with Crippen LogP contribution in [0.5, 0.6) is 0 Å². The average Bonchev–Trinajstić information content (AvgIpc) is 2.85. The molecule has 2 heterocycles. The minimum Gasteiger partial charge on any atom is -0.326 e. The highest BCUT2D eigenvalue weighted by molar-refractivity contribution is 4.96. The van der Waals surface area contributed by atoms with Crippen LogP contribution in [0.25, 0.3) is 0 Å². The Hall–Kier alpha value is -0.120. The molecule has 0 radical (unpaired) electrons. The first kappa shape index (κ1) is 10.1. The molecule has 1 saturated carbocycles. The van der Waals surface area contributed by atoms with E-state index in [0.717, 1.165) is 18.6 Å². The second-order valence-electron chi connectivity index (χ2n) is 5.76. The normalized spacial score (nSPS) is 44.0. The lowest BCUT2D eigenvalue weighted by atomic mass is 10.1. The van der Waals surface area contributed by atoms with E-state index in [2.05, 4.69) is 16.7 Å². The summed E-state index contributed by atoms with van der Waals surface area (Å²) in [6.07, 6.45) is 4.27. The maximum atomic E-state index is 6.09. The van der Waals surface area contributed by atoms with Crippen molar-refractivity contribution in [3.63, 3.8) is 0 Å². The van der Waals surface area contributed by atoms with E-state index >= 15 is 0 Å². The van der Waals surface area contributed by atoms with Gasteiger partial charge in [-0.15, -0.1) is 0 Å². The minimum atomic E-state index is 0.417. The highest BCUT2D eigenvalue weighted by Crippen LogP contribution is 2.32. The van der Waals surface area contributed by atoms with Crippen LogP contribution in [0, 0.1) is 5.92 Å². The van der Waals surface area contributed by atoms with Gasteiger partial charge in [-0.1, -0.05) is 6.92 Å². The molecule has 3 unspecified atom stereocenters. The van der Waals surface area contributed by atoms with Gasteiger partial charge in [-0.05, 0) is 25.2 Å². The molecule has 2 N–H and O–H groups in total. The standard InChI is InChI=1S/C12H23N3/c1-9-6-15(8-12(9)13)11-4-5-14(7-11)10-2-3-10/h9-12H,2-8,13H2,1H3. The molecular weight excluding hydrogens is 186 g/mol. The van der Waals surface area contributed by atoms with Gasteiger partial charge >= 0.3 is 0 Å². The van der Waals surface area contributed by atoms with Crippen molar-refractivity contribution in [2.45, 2.75) is 44.3 Å². The second kappa shape index (κ2) is 3.72. The quantitative estimate of drug-likeness (QED) is 0.719. The van der Waals surface area contributed by atoms with Crippen molar-refractivity contribution in [3.8, 4) is 0 Å². The summed E-state index contributed by atoms with van der Waals surface area (Å²) >= 11 is 0. The van der Waals surface area contributed by atoms with E-state index in [1.165, 1.54) is 38.9 Å². The lowest BCUT2D eigenvalue weighted by molar-refractivity contribution is 0.223. The first-order valence-corrected chi connectivity index (χ1v) is 6.47. The van der Waals surface area contributed by atoms with Crippen LogP contribution < -0.4 is 5.73 Å². The van der Waals surface area contributed by atoms with Gasteiger partial charge in [0.1, 0.15) is 0 Å². The summed E-state index contributed by atoms with van der Waals surface area (Å²) in [4.78, 5) is 5.33. The molecule has 15 heavy (non-hydrogen) atoms. The van der Waals surface area contributed by atoms with E-state index in [0.29, 0.717) is 12.0 Å². The Morgan fingerprint density at radius 1 is 0.933 bits per heavy atom. The van der Waals surface area contributed by atoms with Crippen LogP contribution in [-0.2, 0) is 0 Å². The zero-order chi connectivity index (χ0) is 10.4. The molecule has 1 aliphatic carbocycles. The first-order chi connectivity index (χ1) is 7.24. The molecule has 3 atom stereocenters. The minimum absolute atomic E-state index is 0.417. The summed E-state index contributed by atoms with van der Waals surface area (Å²) in [5.74, 6) is 0.694. The summed E-state index contributed by atoms with van der Waals surface area (Å²) in [5, 5.41) is 0. The van der Waals surface area contributed by atoms with E-state index in [4.69, 9.17) is 5.73 Å². The van der Waals surface area contributed by atoms with Crippen molar-refractivity contribution < 1.29 is 0 Å². The van der Waals surface area contributed by atoms with Gasteiger partial charge in [-0.25, -0.2) is 0 Å². The summed E-state index contributed by atoms with van der Waals surface area (Å²) in [6.45, 7) is 7.28. The van der Waals surface area contributed by atoms with Gasteiger partial charge in [0.25, 0.3) is 0 Å². The van der Waals surface area contributed by atoms with Crippen molar-refractivity contribution in [2.75, 3.05) is 26.2 Å². The molecule has 3 heteroatoms. The lowest BCUT2D eigenvalue weighted by Crippen LogP contribution is -2.37. The molecule has 0 aromatic heterocycles. The van der Waals surface area contributed by atoms with Crippen LogP contribution in [-0.4, -0.2) is 54.1 Å². The molecule has 0 aromatic rings. The van der Waals surface area contributed by atoms with Crippen molar-refractivity contribution in [1.29, 1.82) is 0 Å². The van der Waals surface area contributed by atoms with Gasteiger partial charge in [0, 0.05) is 44.3 Å². The molecule has 0 aromatic carbocycles. The lowest BCUT2D eigenvalue weighted by Gasteiger charge is -2.24. The van der Waals surface area contributed by atoms with Gasteiger partial charge in [0.2, 0.25) is 0 Å². The highest BCUT2D eigenvalue weighted by Gasteiger charge is 2.39. The fourth-order valence-corrected chi connectivity index (χ4v) is 3.17. The van der Waals surface area contributed by atoms with Crippen LogP contribution in [0.15, 0.2) is 0 Å². The molecular formula is C12H23N3. The van der Waals surface area contributed by atoms with Crippen LogP contribution in [0.3, 0.4) is 0 Å². The molecule has 3 nitrogen and oxygen atoms in total. The number of hydrogen-bond donors (Lipinski definition) is 1. The Morgan fingerprint density at radius 2 is 1.73 bits per heavy atom. The molecule has 0 bridgehead atoms. The summed E-state index contributed by atoms with van der Waals surface area (Å²) in [5.41, 5.74) is 6.09. The zero-order valence-electron chi connectivity index (χ0n) is 9.73. The van der Waals surface area contributed by atoms with Crippen LogP contribution in [0.4, 0.5) is 0 Å². The van der Waals surface area contributed by atoms with Crippen molar-refractivity contribution >= 4 is 0 Å². The topological polar surface area (TPSA) is 32.5 Å². The molecule has 0 spiro atoms. The Morgan fingerprint density at radius 3 is 2.33 bits per heavy atom. The number of likely N-dealkylation sites (tertiary alicyclic amines) is 2. The number of rotatable bonds is 2. The third-order valence-corrected chi connectivity index (χ3v) is 4.47. The van der Waals surface area contributed by atoms with E-state index < -0.39 is 0 Å². The van der Waals surface area contributed by atoms with Crippen LogP contribution >= 0.6 is 0 Å². The van der Waals surface area contributed by atoms with Gasteiger partial charge in [-0.2, -0.15) is 0 Å². The predicted molar refractivity (Wildman–Crippen MR) is 61.7 cm³/mol. The maximum absolute atomic E-state index is 6.09. The third kappa shape index (κ3) is 1.93. The summed E-state index contributed by atoms with van der Waals surface area (Å²) in [7, 11) is 0. The number of nitrogens with zero attached hydrogens (tertiary/aromatic N) is 2. The SMILES string of the molecule is CC1CN(C2CCN(C3CC3)C2)CC1N. The fraction of sp³-hybridized carbons (Fsp3) is 1.00. The number of hydrogen-bond acceptors (Lipinski definition) is 3. The molecule has 3 aliphatic rings. The maximum Gasteiger partial charge on any atom is 0.0236 e. The smallest absolute Gasteiger partial charge is 0.0236 e. The third-order valence-electron chi connectivity index (χ3n) is 4.47. The first-order valence-electron chi connectivity index (χ1n) is 6.47. The van der Waals surface area contributed by atoms with Crippen molar-refractivity contribution in [3.05, 3.63) is 0 Å². The Bertz CT molecular complexity index is 229.